The summed E-state index contributed by atoms with van der Waals surface area (Å²) in [6.45, 7) is 4.37. The summed E-state index contributed by atoms with van der Waals surface area (Å²) in [6, 6.07) is 12.1. The Morgan fingerprint density at radius 1 is 1.40 bits per heavy atom. The molecule has 1 aromatic heterocycles. The summed E-state index contributed by atoms with van der Waals surface area (Å²) in [5.74, 6) is 0.845. The van der Waals surface area contributed by atoms with Crippen LogP contribution in [-0.2, 0) is 4.79 Å². The van der Waals surface area contributed by atoms with Gasteiger partial charge in [0.05, 0.1) is 18.1 Å². The quantitative estimate of drug-likeness (QED) is 0.789. The second-order valence-corrected chi connectivity index (χ2v) is 6.32. The molecule has 0 unspecified atom stereocenters. The van der Waals surface area contributed by atoms with Crippen LogP contribution >= 0.6 is 0 Å². The van der Waals surface area contributed by atoms with Gasteiger partial charge in [-0.15, -0.1) is 0 Å². The van der Waals surface area contributed by atoms with Crippen LogP contribution in [0.3, 0.4) is 0 Å². The molecule has 1 fully saturated rings. The lowest BCUT2D eigenvalue weighted by molar-refractivity contribution is -0.130. The Balaban J connectivity index is 1.44. The molecule has 2 heterocycles. The fourth-order valence-corrected chi connectivity index (χ4v) is 3.22. The summed E-state index contributed by atoms with van der Waals surface area (Å²) in [5.41, 5.74) is 2.16. The molecule has 130 valence electrons. The molecule has 6 nitrogen and oxygen atoms in total. The Morgan fingerprint density at radius 3 is 3.08 bits per heavy atom. The van der Waals surface area contributed by atoms with Crippen LogP contribution in [0.5, 0.6) is 0 Å². The predicted octanol–water partition coefficient (Wildman–Crippen LogP) is 2.06. The van der Waals surface area contributed by atoms with Crippen molar-refractivity contribution in [2.24, 2.45) is 0 Å². The first-order valence-electron chi connectivity index (χ1n) is 8.69. The number of rotatable bonds is 6. The molecule has 25 heavy (non-hydrogen) atoms. The standard InChI is InChI=1S/C19H23N5O/c1-14-11-18(23-17-7-3-2-6-16(14)17)22-9-8-21-13-19(25)24-10-4-5-15(24)12-20/h2-3,6-7,11,15,21H,4-5,8-10,13H2,1H3,(H,22,23)/t15-/m0/s1. The van der Waals surface area contributed by atoms with E-state index in [4.69, 9.17) is 5.26 Å². The number of pyridine rings is 1. The Hall–Kier alpha value is -2.65. The summed E-state index contributed by atoms with van der Waals surface area (Å²) in [7, 11) is 0. The van der Waals surface area contributed by atoms with Crippen LogP contribution in [0, 0.1) is 18.3 Å². The molecule has 1 aliphatic rings. The third-order valence-electron chi connectivity index (χ3n) is 4.53. The molecular formula is C19H23N5O. The van der Waals surface area contributed by atoms with Crippen molar-refractivity contribution in [1.29, 1.82) is 5.26 Å². The van der Waals surface area contributed by atoms with E-state index in [2.05, 4.69) is 34.7 Å². The Labute approximate surface area is 147 Å². The molecule has 3 rings (SSSR count). The number of hydrogen-bond donors (Lipinski definition) is 2. The molecule has 0 saturated carbocycles. The van der Waals surface area contributed by atoms with E-state index in [0.29, 0.717) is 19.6 Å². The van der Waals surface area contributed by atoms with Crippen molar-refractivity contribution in [2.45, 2.75) is 25.8 Å². The highest BCUT2D eigenvalue weighted by Crippen LogP contribution is 2.19. The van der Waals surface area contributed by atoms with Gasteiger partial charge >= 0.3 is 0 Å². The smallest absolute Gasteiger partial charge is 0.237 e. The zero-order chi connectivity index (χ0) is 17.6. The molecule has 6 heteroatoms. The number of aryl methyl sites for hydroxylation is 1. The maximum atomic E-state index is 12.1. The summed E-state index contributed by atoms with van der Waals surface area (Å²) in [4.78, 5) is 18.4. The summed E-state index contributed by atoms with van der Waals surface area (Å²) in [6.07, 6.45) is 1.70. The van der Waals surface area contributed by atoms with E-state index < -0.39 is 0 Å². The van der Waals surface area contributed by atoms with E-state index in [9.17, 15) is 4.79 Å². The highest BCUT2D eigenvalue weighted by atomic mass is 16.2. The second-order valence-electron chi connectivity index (χ2n) is 6.32. The number of nitriles is 1. The molecule has 0 aliphatic carbocycles. The number of fused-ring (bicyclic) bond motifs is 1. The van der Waals surface area contributed by atoms with E-state index in [-0.39, 0.29) is 18.5 Å². The number of benzene rings is 1. The van der Waals surface area contributed by atoms with Gasteiger partial charge in [-0.3, -0.25) is 4.79 Å². The van der Waals surface area contributed by atoms with E-state index in [1.54, 1.807) is 4.90 Å². The van der Waals surface area contributed by atoms with Crippen molar-refractivity contribution < 1.29 is 4.79 Å². The number of hydrogen-bond acceptors (Lipinski definition) is 5. The van der Waals surface area contributed by atoms with Crippen LogP contribution in [0.1, 0.15) is 18.4 Å². The topological polar surface area (TPSA) is 81.0 Å². The molecule has 1 atom stereocenters. The van der Waals surface area contributed by atoms with Crippen molar-refractivity contribution in [2.75, 3.05) is 31.5 Å². The number of para-hydroxylation sites is 1. The van der Waals surface area contributed by atoms with Crippen molar-refractivity contribution >= 4 is 22.6 Å². The van der Waals surface area contributed by atoms with Crippen LogP contribution in [0.4, 0.5) is 5.82 Å². The predicted molar refractivity (Wildman–Crippen MR) is 98.2 cm³/mol. The first-order chi connectivity index (χ1) is 12.2. The number of amides is 1. The number of nitrogens with one attached hydrogen (secondary N) is 2. The first-order valence-corrected chi connectivity index (χ1v) is 8.69. The van der Waals surface area contributed by atoms with E-state index in [0.717, 1.165) is 29.6 Å². The number of carbonyl (C=O) groups is 1. The first kappa shape index (κ1) is 17.2. The number of likely N-dealkylation sites (tertiary alicyclic amines) is 1. The van der Waals surface area contributed by atoms with Gasteiger partial charge in [0.25, 0.3) is 0 Å². The lowest BCUT2D eigenvalue weighted by Crippen LogP contribution is -2.41. The minimum Gasteiger partial charge on any atom is -0.369 e. The highest BCUT2D eigenvalue weighted by molar-refractivity contribution is 5.83. The van der Waals surface area contributed by atoms with Gasteiger partial charge in [0.1, 0.15) is 11.9 Å². The number of nitrogens with zero attached hydrogens (tertiary/aromatic N) is 3. The van der Waals surface area contributed by atoms with E-state index in [1.165, 1.54) is 5.56 Å². The molecule has 0 spiro atoms. The van der Waals surface area contributed by atoms with Crippen molar-refractivity contribution in [1.82, 2.24) is 15.2 Å². The van der Waals surface area contributed by atoms with Gasteiger partial charge in [-0.05, 0) is 37.5 Å². The third kappa shape index (κ3) is 4.06. The summed E-state index contributed by atoms with van der Waals surface area (Å²) >= 11 is 0. The Kier molecular flexibility index (Phi) is 5.46. The number of anilines is 1. The van der Waals surface area contributed by atoms with Gasteiger partial charge in [0.15, 0.2) is 0 Å². The average Bonchev–Trinajstić information content (AvgIpc) is 3.10. The summed E-state index contributed by atoms with van der Waals surface area (Å²) in [5, 5.41) is 16.6. The van der Waals surface area contributed by atoms with Gasteiger partial charge < -0.3 is 15.5 Å². The zero-order valence-electron chi connectivity index (χ0n) is 14.5. The Bertz CT molecular complexity index is 798. The molecule has 1 amide bonds. The fraction of sp³-hybridized carbons (Fsp3) is 0.421. The van der Waals surface area contributed by atoms with Gasteiger partial charge in [0.2, 0.25) is 5.91 Å². The molecule has 1 aromatic carbocycles. The van der Waals surface area contributed by atoms with Crippen molar-refractivity contribution in [3.05, 3.63) is 35.9 Å². The van der Waals surface area contributed by atoms with Crippen LogP contribution in [0.2, 0.25) is 0 Å². The van der Waals surface area contributed by atoms with Gasteiger partial charge in [-0.2, -0.15) is 5.26 Å². The van der Waals surface area contributed by atoms with E-state index >= 15 is 0 Å². The molecule has 2 aromatic rings. The van der Waals surface area contributed by atoms with Crippen LogP contribution in [0.15, 0.2) is 30.3 Å². The molecule has 1 aliphatic heterocycles. The lowest BCUT2D eigenvalue weighted by atomic mass is 10.1. The van der Waals surface area contributed by atoms with Gasteiger partial charge in [-0.25, -0.2) is 4.98 Å². The van der Waals surface area contributed by atoms with Gasteiger partial charge in [-0.1, -0.05) is 18.2 Å². The molecule has 2 N–H and O–H groups in total. The minimum absolute atomic E-state index is 0.00345. The molecule has 1 saturated heterocycles. The highest BCUT2D eigenvalue weighted by Gasteiger charge is 2.27. The average molecular weight is 337 g/mol. The van der Waals surface area contributed by atoms with Crippen molar-refractivity contribution in [3.8, 4) is 6.07 Å². The lowest BCUT2D eigenvalue weighted by Gasteiger charge is -2.19. The monoisotopic (exact) mass is 337 g/mol. The van der Waals surface area contributed by atoms with Crippen LogP contribution in [-0.4, -0.2) is 48.0 Å². The normalized spacial score (nSPS) is 16.8. The molecule has 0 bridgehead atoms. The van der Waals surface area contributed by atoms with Crippen LogP contribution < -0.4 is 10.6 Å². The second kappa shape index (κ2) is 7.95. The summed E-state index contributed by atoms with van der Waals surface area (Å²) < 4.78 is 0. The fourth-order valence-electron chi connectivity index (χ4n) is 3.22. The minimum atomic E-state index is -0.253. The third-order valence-corrected chi connectivity index (χ3v) is 4.53. The number of aromatic nitrogens is 1. The number of carbonyl (C=O) groups excluding carboxylic acids is 1. The van der Waals surface area contributed by atoms with Crippen LogP contribution in [0.25, 0.3) is 10.9 Å². The Morgan fingerprint density at radius 2 is 2.24 bits per heavy atom. The maximum absolute atomic E-state index is 12.1. The largest absolute Gasteiger partial charge is 0.369 e. The van der Waals surface area contributed by atoms with Crippen molar-refractivity contribution in [3.63, 3.8) is 0 Å². The van der Waals surface area contributed by atoms with E-state index in [1.807, 2.05) is 24.3 Å². The SMILES string of the molecule is Cc1cc(NCCNCC(=O)N2CCC[C@H]2C#N)nc2ccccc12. The van der Waals surface area contributed by atoms with Gasteiger partial charge in [0, 0.05) is 25.0 Å². The zero-order valence-corrected chi connectivity index (χ0v) is 14.5. The molecular weight excluding hydrogens is 314 g/mol. The molecule has 0 radical (unpaired) electrons. The maximum Gasteiger partial charge on any atom is 0.237 e.